The molecule has 0 amide bonds. The van der Waals surface area contributed by atoms with Crippen molar-refractivity contribution >= 4 is 11.4 Å². The summed E-state index contributed by atoms with van der Waals surface area (Å²) >= 11 is 0. The molecule has 18 heavy (non-hydrogen) atoms. The van der Waals surface area contributed by atoms with Crippen LogP contribution in [0, 0.1) is 10.1 Å². The summed E-state index contributed by atoms with van der Waals surface area (Å²) in [5.74, 6) is 0.285. The quantitative estimate of drug-likeness (QED) is 0.595. The molecule has 1 rings (SSSR count). The number of hydrogen-bond acceptors (Lipinski definition) is 4. The summed E-state index contributed by atoms with van der Waals surface area (Å²) in [4.78, 5) is 10.3. The van der Waals surface area contributed by atoms with Crippen molar-refractivity contribution in [1.82, 2.24) is 0 Å². The largest absolute Gasteiger partial charge is 0.490 e. The zero-order chi connectivity index (χ0) is 13.5. The van der Waals surface area contributed by atoms with E-state index in [9.17, 15) is 10.1 Å². The predicted molar refractivity (Wildman–Crippen MR) is 72.3 cm³/mol. The minimum absolute atomic E-state index is 0.00994. The van der Waals surface area contributed by atoms with Crippen molar-refractivity contribution in [3.63, 3.8) is 0 Å². The third-order valence-electron chi connectivity index (χ3n) is 2.78. The van der Waals surface area contributed by atoms with Gasteiger partial charge >= 0.3 is 5.69 Å². The Morgan fingerprint density at radius 2 is 2.22 bits per heavy atom. The van der Waals surface area contributed by atoms with E-state index in [4.69, 9.17) is 4.74 Å². The third kappa shape index (κ3) is 3.91. The topological polar surface area (TPSA) is 64.4 Å². The van der Waals surface area contributed by atoms with Crippen LogP contribution in [0.1, 0.15) is 33.1 Å². The first-order valence-corrected chi connectivity index (χ1v) is 6.17. The van der Waals surface area contributed by atoms with Gasteiger partial charge in [-0.15, -0.1) is 0 Å². The van der Waals surface area contributed by atoms with Crippen molar-refractivity contribution < 1.29 is 9.66 Å². The van der Waals surface area contributed by atoms with Crippen LogP contribution in [0.25, 0.3) is 0 Å². The number of rotatable bonds is 7. The van der Waals surface area contributed by atoms with Crippen molar-refractivity contribution in [1.29, 1.82) is 0 Å². The van der Waals surface area contributed by atoms with Crippen LogP contribution in [0.2, 0.25) is 0 Å². The number of nitro groups is 1. The van der Waals surface area contributed by atoms with Crippen molar-refractivity contribution in [3.05, 3.63) is 28.3 Å². The molecule has 1 atom stereocenters. The van der Waals surface area contributed by atoms with Crippen LogP contribution in [-0.2, 0) is 0 Å². The smallest absolute Gasteiger partial charge is 0.311 e. The van der Waals surface area contributed by atoms with E-state index in [2.05, 4.69) is 19.2 Å². The van der Waals surface area contributed by atoms with Crippen LogP contribution in [0.15, 0.2) is 18.2 Å². The molecule has 0 saturated carbocycles. The van der Waals surface area contributed by atoms with Crippen LogP contribution in [-0.4, -0.2) is 18.1 Å². The van der Waals surface area contributed by atoms with E-state index in [1.54, 1.807) is 12.1 Å². The van der Waals surface area contributed by atoms with Gasteiger partial charge in [0.1, 0.15) is 0 Å². The van der Waals surface area contributed by atoms with Gasteiger partial charge in [-0.1, -0.05) is 19.8 Å². The molecule has 1 unspecified atom stereocenters. The molecule has 0 aliphatic rings. The molecule has 0 aliphatic carbocycles. The highest BCUT2D eigenvalue weighted by atomic mass is 16.6. The molecular formula is C13H20N2O3. The van der Waals surface area contributed by atoms with Gasteiger partial charge < -0.3 is 10.1 Å². The van der Waals surface area contributed by atoms with Crippen LogP contribution < -0.4 is 10.1 Å². The molecule has 0 fully saturated rings. The molecule has 0 radical (unpaired) electrons. The lowest BCUT2D eigenvalue weighted by atomic mass is 10.1. The summed E-state index contributed by atoms with van der Waals surface area (Å²) in [6.07, 6.45) is 3.41. The van der Waals surface area contributed by atoms with Crippen LogP contribution in [0.3, 0.4) is 0 Å². The van der Waals surface area contributed by atoms with Gasteiger partial charge in [-0.05, 0) is 19.4 Å². The fourth-order valence-corrected chi connectivity index (χ4v) is 1.79. The molecule has 1 aromatic rings. The predicted octanol–water partition coefficient (Wildman–Crippen LogP) is 3.59. The Kier molecular flexibility index (Phi) is 5.42. The number of hydrogen-bond donors (Lipinski definition) is 1. The Morgan fingerprint density at radius 3 is 2.78 bits per heavy atom. The van der Waals surface area contributed by atoms with Crippen LogP contribution in [0.4, 0.5) is 11.4 Å². The highest BCUT2D eigenvalue weighted by Gasteiger charge is 2.15. The van der Waals surface area contributed by atoms with E-state index in [1.165, 1.54) is 13.2 Å². The molecule has 0 spiro atoms. The lowest BCUT2D eigenvalue weighted by molar-refractivity contribution is -0.385. The van der Waals surface area contributed by atoms with Gasteiger partial charge in [0.15, 0.2) is 5.75 Å². The average Bonchev–Trinajstić information content (AvgIpc) is 2.35. The van der Waals surface area contributed by atoms with Gasteiger partial charge in [0.25, 0.3) is 0 Å². The zero-order valence-corrected chi connectivity index (χ0v) is 11.1. The molecule has 1 aromatic carbocycles. The first-order chi connectivity index (χ1) is 8.58. The van der Waals surface area contributed by atoms with Crippen molar-refractivity contribution in [2.45, 2.75) is 39.2 Å². The Morgan fingerprint density at radius 1 is 1.50 bits per heavy atom. The maximum atomic E-state index is 10.8. The number of ether oxygens (including phenoxy) is 1. The molecule has 5 heteroatoms. The number of nitro benzene ring substituents is 1. The molecule has 0 heterocycles. The summed E-state index contributed by atoms with van der Waals surface area (Å²) in [6, 6.07) is 5.19. The Hall–Kier alpha value is -1.78. The van der Waals surface area contributed by atoms with Gasteiger partial charge in [0, 0.05) is 23.9 Å². The first kappa shape index (κ1) is 14.3. The highest BCUT2D eigenvalue weighted by Crippen LogP contribution is 2.30. The van der Waals surface area contributed by atoms with Gasteiger partial charge in [0.05, 0.1) is 12.0 Å². The van der Waals surface area contributed by atoms with E-state index in [0.29, 0.717) is 6.04 Å². The molecule has 5 nitrogen and oxygen atoms in total. The number of benzene rings is 1. The number of anilines is 1. The summed E-state index contributed by atoms with van der Waals surface area (Å²) in [6.45, 7) is 4.26. The fraction of sp³-hybridized carbons (Fsp3) is 0.538. The first-order valence-electron chi connectivity index (χ1n) is 6.17. The molecule has 100 valence electrons. The lowest BCUT2D eigenvalue weighted by Crippen LogP contribution is -2.14. The summed E-state index contributed by atoms with van der Waals surface area (Å²) in [7, 11) is 1.44. The van der Waals surface area contributed by atoms with Crippen molar-refractivity contribution in [2.75, 3.05) is 12.4 Å². The lowest BCUT2D eigenvalue weighted by Gasteiger charge is -2.15. The standard InChI is InChI=1S/C13H20N2O3/c1-4-5-6-10(2)14-11-7-8-12(15(16)17)13(9-11)18-3/h7-10,14H,4-6H2,1-3H3. The number of nitrogens with zero attached hydrogens (tertiary/aromatic N) is 1. The second kappa shape index (κ2) is 6.83. The molecule has 0 saturated heterocycles. The normalized spacial score (nSPS) is 11.9. The second-order valence-corrected chi connectivity index (χ2v) is 4.33. The van der Waals surface area contributed by atoms with Crippen LogP contribution in [0.5, 0.6) is 5.75 Å². The summed E-state index contributed by atoms with van der Waals surface area (Å²) in [5, 5.41) is 14.1. The number of nitrogens with one attached hydrogen (secondary N) is 1. The van der Waals surface area contributed by atoms with Gasteiger partial charge in [-0.2, -0.15) is 0 Å². The van der Waals surface area contributed by atoms with E-state index in [0.717, 1.165) is 24.9 Å². The molecule has 0 bridgehead atoms. The highest BCUT2D eigenvalue weighted by molar-refractivity contribution is 5.58. The van der Waals surface area contributed by atoms with Gasteiger partial charge in [-0.3, -0.25) is 10.1 Å². The van der Waals surface area contributed by atoms with E-state index in [1.807, 2.05) is 0 Å². The Balaban J connectivity index is 2.76. The second-order valence-electron chi connectivity index (χ2n) is 4.33. The van der Waals surface area contributed by atoms with E-state index in [-0.39, 0.29) is 11.4 Å². The van der Waals surface area contributed by atoms with E-state index >= 15 is 0 Å². The monoisotopic (exact) mass is 252 g/mol. The minimum atomic E-state index is -0.441. The SMILES string of the molecule is CCCCC(C)Nc1ccc([N+](=O)[O-])c(OC)c1. The van der Waals surface area contributed by atoms with Gasteiger partial charge in [0.2, 0.25) is 0 Å². The van der Waals surface area contributed by atoms with Gasteiger partial charge in [-0.25, -0.2) is 0 Å². The average molecular weight is 252 g/mol. The maximum Gasteiger partial charge on any atom is 0.311 e. The zero-order valence-electron chi connectivity index (χ0n) is 11.1. The summed E-state index contributed by atoms with van der Waals surface area (Å²) in [5.41, 5.74) is 0.838. The molecule has 1 N–H and O–H groups in total. The van der Waals surface area contributed by atoms with Crippen LogP contribution >= 0.6 is 0 Å². The molecule has 0 aromatic heterocycles. The number of unbranched alkanes of at least 4 members (excludes halogenated alkanes) is 1. The van der Waals surface area contributed by atoms with Crippen molar-refractivity contribution in [2.24, 2.45) is 0 Å². The maximum absolute atomic E-state index is 10.8. The Bertz CT molecular complexity index is 407. The Labute approximate surface area is 107 Å². The number of methoxy groups -OCH3 is 1. The van der Waals surface area contributed by atoms with E-state index < -0.39 is 4.92 Å². The fourth-order valence-electron chi connectivity index (χ4n) is 1.79. The molecular weight excluding hydrogens is 232 g/mol. The third-order valence-corrected chi connectivity index (χ3v) is 2.78. The molecule has 0 aliphatic heterocycles. The van der Waals surface area contributed by atoms with Crippen molar-refractivity contribution in [3.8, 4) is 5.75 Å². The minimum Gasteiger partial charge on any atom is -0.490 e. The summed E-state index contributed by atoms with van der Waals surface area (Å²) < 4.78 is 5.03.